The Bertz CT molecular complexity index is 197. The van der Waals surface area contributed by atoms with Crippen molar-refractivity contribution in [2.45, 2.75) is 51.0 Å². The van der Waals surface area contributed by atoms with Crippen molar-refractivity contribution >= 4 is 0 Å². The quantitative estimate of drug-likeness (QED) is 0.679. The monoisotopic (exact) mass is 193 g/mol. The summed E-state index contributed by atoms with van der Waals surface area (Å²) in [7, 11) is 2.13. The summed E-state index contributed by atoms with van der Waals surface area (Å²) in [5.74, 6) is 1.95. The van der Waals surface area contributed by atoms with Crippen molar-refractivity contribution in [2.24, 2.45) is 11.8 Å². The van der Waals surface area contributed by atoms with Gasteiger partial charge < -0.3 is 5.32 Å². The molecule has 1 nitrogen and oxygen atoms in total. The maximum Gasteiger partial charge on any atom is 0.00924 e. The fourth-order valence-corrected chi connectivity index (χ4v) is 3.20. The normalized spacial score (nSPS) is 37.6. The van der Waals surface area contributed by atoms with E-state index in [1.165, 1.54) is 44.9 Å². The molecule has 80 valence electrons. The maximum atomic E-state index is 3.49. The van der Waals surface area contributed by atoms with Gasteiger partial charge in [-0.1, -0.05) is 18.6 Å². The highest BCUT2D eigenvalue weighted by Crippen LogP contribution is 2.34. The average molecular weight is 193 g/mol. The smallest absolute Gasteiger partial charge is 0.00924 e. The van der Waals surface area contributed by atoms with Crippen LogP contribution in [0, 0.1) is 11.8 Å². The molecular formula is C13H23N. The summed E-state index contributed by atoms with van der Waals surface area (Å²) in [5.41, 5.74) is 0. The Hall–Kier alpha value is -0.300. The molecule has 0 aromatic rings. The van der Waals surface area contributed by atoms with Gasteiger partial charge in [0.15, 0.2) is 0 Å². The lowest BCUT2D eigenvalue weighted by molar-refractivity contribution is 0.312. The van der Waals surface area contributed by atoms with Gasteiger partial charge in [-0.3, -0.25) is 0 Å². The van der Waals surface area contributed by atoms with Crippen LogP contribution in [0.15, 0.2) is 12.2 Å². The molecule has 0 aromatic heterocycles. The van der Waals surface area contributed by atoms with E-state index in [9.17, 15) is 0 Å². The zero-order chi connectivity index (χ0) is 9.80. The highest BCUT2D eigenvalue weighted by molar-refractivity contribution is 4.92. The zero-order valence-electron chi connectivity index (χ0n) is 9.34. The van der Waals surface area contributed by atoms with Gasteiger partial charge in [0.25, 0.3) is 0 Å². The number of hydrogen-bond donors (Lipinski definition) is 1. The van der Waals surface area contributed by atoms with Gasteiger partial charge in [0.05, 0.1) is 0 Å². The minimum absolute atomic E-state index is 0.820. The Kier molecular flexibility index (Phi) is 3.63. The molecule has 2 rings (SSSR count). The molecule has 0 bridgehead atoms. The molecule has 3 atom stereocenters. The molecule has 1 heteroatoms. The minimum Gasteiger partial charge on any atom is -0.317 e. The third-order valence-electron chi connectivity index (χ3n) is 4.04. The summed E-state index contributed by atoms with van der Waals surface area (Å²) < 4.78 is 0. The van der Waals surface area contributed by atoms with E-state index >= 15 is 0 Å². The number of rotatable bonds is 3. The van der Waals surface area contributed by atoms with E-state index in [0.717, 1.165) is 17.9 Å². The lowest BCUT2D eigenvalue weighted by Gasteiger charge is -2.25. The maximum absolute atomic E-state index is 3.49. The summed E-state index contributed by atoms with van der Waals surface area (Å²) in [5, 5.41) is 3.49. The molecule has 3 unspecified atom stereocenters. The number of nitrogens with one attached hydrogen (secondary N) is 1. The van der Waals surface area contributed by atoms with E-state index in [-0.39, 0.29) is 0 Å². The summed E-state index contributed by atoms with van der Waals surface area (Å²) in [6.07, 6.45) is 14.6. The van der Waals surface area contributed by atoms with Crippen LogP contribution in [-0.2, 0) is 0 Å². The Morgan fingerprint density at radius 1 is 1.21 bits per heavy atom. The van der Waals surface area contributed by atoms with E-state index in [1.54, 1.807) is 0 Å². The summed E-state index contributed by atoms with van der Waals surface area (Å²) >= 11 is 0. The highest BCUT2D eigenvalue weighted by atomic mass is 14.9. The lowest BCUT2D eigenvalue weighted by Crippen LogP contribution is -2.30. The Balaban J connectivity index is 1.81. The molecule has 14 heavy (non-hydrogen) atoms. The first-order chi connectivity index (χ1) is 6.90. The fourth-order valence-electron chi connectivity index (χ4n) is 3.20. The molecular weight excluding hydrogens is 170 g/mol. The Morgan fingerprint density at radius 3 is 2.86 bits per heavy atom. The van der Waals surface area contributed by atoms with Gasteiger partial charge in [0.2, 0.25) is 0 Å². The van der Waals surface area contributed by atoms with Crippen LogP contribution in [0.3, 0.4) is 0 Å². The van der Waals surface area contributed by atoms with E-state index in [1.807, 2.05) is 0 Å². The first-order valence-corrected chi connectivity index (χ1v) is 6.22. The molecule has 0 amide bonds. The molecule has 1 fully saturated rings. The van der Waals surface area contributed by atoms with Crippen LogP contribution in [-0.4, -0.2) is 13.1 Å². The molecule has 0 aromatic carbocycles. The minimum atomic E-state index is 0.820. The van der Waals surface area contributed by atoms with Gasteiger partial charge in [0, 0.05) is 6.04 Å². The third-order valence-corrected chi connectivity index (χ3v) is 4.04. The summed E-state index contributed by atoms with van der Waals surface area (Å²) in [6, 6.07) is 0.820. The SMILES string of the molecule is CNC1CCCC1CC1CC=CCC1. The number of hydrogen-bond acceptors (Lipinski definition) is 1. The van der Waals surface area contributed by atoms with E-state index in [0.29, 0.717) is 0 Å². The summed E-state index contributed by atoms with van der Waals surface area (Å²) in [4.78, 5) is 0. The van der Waals surface area contributed by atoms with Crippen molar-refractivity contribution in [2.75, 3.05) is 7.05 Å². The van der Waals surface area contributed by atoms with Crippen molar-refractivity contribution in [3.63, 3.8) is 0 Å². The van der Waals surface area contributed by atoms with E-state index in [2.05, 4.69) is 24.5 Å². The van der Waals surface area contributed by atoms with Crippen LogP contribution in [0.1, 0.15) is 44.9 Å². The molecule has 2 aliphatic rings. The number of allylic oxidation sites excluding steroid dienone is 2. The van der Waals surface area contributed by atoms with Crippen LogP contribution < -0.4 is 5.32 Å². The first kappa shape index (κ1) is 10.2. The van der Waals surface area contributed by atoms with Crippen LogP contribution >= 0.6 is 0 Å². The topological polar surface area (TPSA) is 12.0 Å². The van der Waals surface area contributed by atoms with Crippen LogP contribution in [0.25, 0.3) is 0 Å². The van der Waals surface area contributed by atoms with Crippen molar-refractivity contribution in [1.82, 2.24) is 5.32 Å². The molecule has 0 radical (unpaired) electrons. The second kappa shape index (κ2) is 4.97. The molecule has 1 saturated carbocycles. The Labute approximate surface area is 88.0 Å². The van der Waals surface area contributed by atoms with Gasteiger partial charge in [-0.15, -0.1) is 0 Å². The second-order valence-electron chi connectivity index (χ2n) is 4.97. The van der Waals surface area contributed by atoms with Gasteiger partial charge in [-0.2, -0.15) is 0 Å². The molecule has 0 saturated heterocycles. The second-order valence-corrected chi connectivity index (χ2v) is 4.97. The van der Waals surface area contributed by atoms with E-state index in [4.69, 9.17) is 0 Å². The lowest BCUT2D eigenvalue weighted by atomic mass is 9.84. The van der Waals surface area contributed by atoms with Gasteiger partial charge >= 0.3 is 0 Å². The van der Waals surface area contributed by atoms with Gasteiger partial charge in [-0.25, -0.2) is 0 Å². The van der Waals surface area contributed by atoms with Crippen LogP contribution in [0.4, 0.5) is 0 Å². The van der Waals surface area contributed by atoms with Crippen LogP contribution in [0.5, 0.6) is 0 Å². The van der Waals surface area contributed by atoms with E-state index < -0.39 is 0 Å². The zero-order valence-corrected chi connectivity index (χ0v) is 9.34. The standard InChI is InChI=1S/C13H23N/c1-14-13-9-5-8-12(13)10-11-6-3-2-4-7-11/h2-3,11-14H,4-10H2,1H3. The Morgan fingerprint density at radius 2 is 2.14 bits per heavy atom. The largest absolute Gasteiger partial charge is 0.317 e. The van der Waals surface area contributed by atoms with Gasteiger partial charge in [-0.05, 0) is 57.4 Å². The molecule has 0 aliphatic heterocycles. The molecule has 0 heterocycles. The highest BCUT2D eigenvalue weighted by Gasteiger charge is 2.28. The van der Waals surface area contributed by atoms with Crippen molar-refractivity contribution in [1.29, 1.82) is 0 Å². The van der Waals surface area contributed by atoms with Crippen molar-refractivity contribution in [3.05, 3.63) is 12.2 Å². The van der Waals surface area contributed by atoms with Crippen molar-refractivity contribution < 1.29 is 0 Å². The fraction of sp³-hybridized carbons (Fsp3) is 0.846. The molecule has 2 aliphatic carbocycles. The van der Waals surface area contributed by atoms with Crippen molar-refractivity contribution in [3.8, 4) is 0 Å². The predicted molar refractivity (Wildman–Crippen MR) is 61.3 cm³/mol. The molecule has 0 spiro atoms. The summed E-state index contributed by atoms with van der Waals surface area (Å²) in [6.45, 7) is 0. The van der Waals surface area contributed by atoms with Crippen LogP contribution in [0.2, 0.25) is 0 Å². The predicted octanol–water partition coefficient (Wildman–Crippen LogP) is 3.12. The van der Waals surface area contributed by atoms with Gasteiger partial charge in [0.1, 0.15) is 0 Å². The average Bonchev–Trinajstić information content (AvgIpc) is 2.67. The first-order valence-electron chi connectivity index (χ1n) is 6.22. The molecule has 1 N–H and O–H groups in total. The third kappa shape index (κ3) is 2.38.